The summed E-state index contributed by atoms with van der Waals surface area (Å²) >= 11 is 0. The Morgan fingerprint density at radius 3 is 2.57 bits per heavy atom. The van der Waals surface area contributed by atoms with Gasteiger partial charge in [0.2, 0.25) is 0 Å². The normalized spacial score (nSPS) is 14.2. The maximum absolute atomic E-state index is 13.6. The van der Waals surface area contributed by atoms with E-state index in [0.29, 0.717) is 34.3 Å². The van der Waals surface area contributed by atoms with Crippen molar-refractivity contribution >= 4 is 22.9 Å². The van der Waals surface area contributed by atoms with Crippen molar-refractivity contribution in [2.45, 2.75) is 32.4 Å². The SMILES string of the molecule is C[C@@H](Cn1c(=O)n(-c2ccc(Oc3ccccc3)cc2)c2c(N)ncnc21)NC(=O)/C(C#N)=C\C1CC1. The van der Waals surface area contributed by atoms with Crippen molar-refractivity contribution in [2.75, 3.05) is 5.73 Å². The number of imidazole rings is 1. The quantitative estimate of drug-likeness (QED) is 0.282. The predicted octanol–water partition coefficient (Wildman–Crippen LogP) is 3.32. The van der Waals surface area contributed by atoms with E-state index in [0.717, 1.165) is 12.8 Å². The Morgan fingerprint density at radius 1 is 1.19 bits per heavy atom. The fourth-order valence-electron chi connectivity index (χ4n) is 4.08. The Bertz CT molecular complexity index is 1580. The number of nitriles is 1. The van der Waals surface area contributed by atoms with Gasteiger partial charge in [-0.15, -0.1) is 0 Å². The van der Waals surface area contributed by atoms with Gasteiger partial charge in [-0.25, -0.2) is 14.8 Å². The number of carbonyl (C=O) groups excluding carboxylic acids is 1. The molecule has 1 amide bonds. The Kier molecular flexibility index (Phi) is 6.43. The fourth-order valence-corrected chi connectivity index (χ4v) is 4.08. The molecule has 5 rings (SSSR count). The van der Waals surface area contributed by atoms with Crippen LogP contribution < -0.4 is 21.5 Å². The van der Waals surface area contributed by atoms with Gasteiger partial charge in [0.15, 0.2) is 11.5 Å². The van der Waals surface area contributed by atoms with Gasteiger partial charge in [-0.05, 0) is 62.1 Å². The van der Waals surface area contributed by atoms with Crippen molar-refractivity contribution in [2.24, 2.45) is 5.92 Å². The van der Waals surface area contributed by atoms with Crippen LogP contribution in [0.15, 0.2) is 77.4 Å². The highest BCUT2D eigenvalue weighted by atomic mass is 16.5. The van der Waals surface area contributed by atoms with E-state index < -0.39 is 11.9 Å². The van der Waals surface area contributed by atoms with Gasteiger partial charge in [0.05, 0.1) is 5.69 Å². The highest BCUT2D eigenvalue weighted by Gasteiger charge is 2.24. The molecule has 1 aliphatic carbocycles. The van der Waals surface area contributed by atoms with Crippen molar-refractivity contribution in [1.29, 1.82) is 5.26 Å². The lowest BCUT2D eigenvalue weighted by Crippen LogP contribution is -2.39. The van der Waals surface area contributed by atoms with Gasteiger partial charge in [-0.2, -0.15) is 5.26 Å². The predicted molar refractivity (Wildman–Crippen MR) is 138 cm³/mol. The lowest BCUT2D eigenvalue weighted by atomic mass is 10.2. The Balaban J connectivity index is 1.43. The number of amides is 1. The minimum atomic E-state index is -0.460. The number of benzene rings is 2. The molecule has 4 aromatic rings. The zero-order chi connectivity index (χ0) is 25.9. The molecule has 37 heavy (non-hydrogen) atoms. The Labute approximate surface area is 212 Å². The summed E-state index contributed by atoms with van der Waals surface area (Å²) in [6, 6.07) is 17.9. The van der Waals surface area contributed by atoms with Gasteiger partial charge in [0.25, 0.3) is 5.91 Å². The van der Waals surface area contributed by atoms with Crippen LogP contribution in [0.25, 0.3) is 16.9 Å². The first-order valence-corrected chi connectivity index (χ1v) is 11.9. The number of nitrogens with zero attached hydrogens (tertiary/aromatic N) is 5. The lowest BCUT2D eigenvalue weighted by molar-refractivity contribution is -0.117. The van der Waals surface area contributed by atoms with E-state index in [-0.39, 0.29) is 23.6 Å². The molecule has 2 heterocycles. The Hall–Kier alpha value is -4.91. The first-order valence-electron chi connectivity index (χ1n) is 11.9. The smallest absolute Gasteiger partial charge is 0.335 e. The van der Waals surface area contributed by atoms with Crippen LogP contribution in [0.2, 0.25) is 0 Å². The molecule has 10 heteroatoms. The molecule has 0 bridgehead atoms. The number of nitrogens with one attached hydrogen (secondary N) is 1. The van der Waals surface area contributed by atoms with E-state index in [1.807, 2.05) is 36.4 Å². The van der Waals surface area contributed by atoms with E-state index in [4.69, 9.17) is 10.5 Å². The molecule has 0 aliphatic heterocycles. The number of aromatic nitrogens is 4. The maximum atomic E-state index is 13.6. The Morgan fingerprint density at radius 2 is 1.89 bits per heavy atom. The van der Waals surface area contributed by atoms with E-state index in [9.17, 15) is 14.9 Å². The van der Waals surface area contributed by atoms with Crippen molar-refractivity contribution in [3.8, 4) is 23.3 Å². The molecule has 2 aromatic heterocycles. The molecule has 186 valence electrons. The number of allylic oxidation sites excluding steroid dienone is 1. The van der Waals surface area contributed by atoms with Crippen LogP contribution in [-0.4, -0.2) is 31.1 Å². The van der Waals surface area contributed by atoms with Crippen LogP contribution in [-0.2, 0) is 11.3 Å². The molecular weight excluding hydrogens is 470 g/mol. The third-order valence-corrected chi connectivity index (χ3v) is 6.03. The second-order valence-electron chi connectivity index (χ2n) is 8.97. The number of carbonyl (C=O) groups is 1. The first kappa shape index (κ1) is 23.8. The number of fused-ring (bicyclic) bond motifs is 1. The van der Waals surface area contributed by atoms with Gasteiger partial charge < -0.3 is 15.8 Å². The monoisotopic (exact) mass is 495 g/mol. The van der Waals surface area contributed by atoms with E-state index in [1.165, 1.54) is 15.5 Å². The number of nitrogens with two attached hydrogens (primary N) is 1. The molecule has 10 nitrogen and oxygen atoms in total. The maximum Gasteiger partial charge on any atom is 0.335 e. The molecule has 2 aromatic carbocycles. The van der Waals surface area contributed by atoms with Gasteiger partial charge in [-0.3, -0.25) is 13.9 Å². The number of anilines is 1. The molecule has 0 spiro atoms. The summed E-state index contributed by atoms with van der Waals surface area (Å²) in [5.74, 6) is 1.30. The zero-order valence-corrected chi connectivity index (χ0v) is 20.2. The van der Waals surface area contributed by atoms with E-state index in [2.05, 4.69) is 15.3 Å². The second-order valence-corrected chi connectivity index (χ2v) is 8.97. The molecule has 0 unspecified atom stereocenters. The minimum Gasteiger partial charge on any atom is -0.457 e. The van der Waals surface area contributed by atoms with Gasteiger partial charge in [-0.1, -0.05) is 24.3 Å². The van der Waals surface area contributed by atoms with Crippen LogP contribution in [0.3, 0.4) is 0 Å². The molecule has 3 N–H and O–H groups in total. The summed E-state index contributed by atoms with van der Waals surface area (Å²) in [4.78, 5) is 34.5. The van der Waals surface area contributed by atoms with Crippen molar-refractivity contribution in [3.05, 3.63) is 83.1 Å². The highest BCUT2D eigenvalue weighted by molar-refractivity contribution is 5.97. The lowest BCUT2D eigenvalue weighted by Gasteiger charge is -2.14. The van der Waals surface area contributed by atoms with E-state index >= 15 is 0 Å². The topological polar surface area (TPSA) is 141 Å². The molecule has 0 radical (unpaired) electrons. The number of hydrogen-bond acceptors (Lipinski definition) is 7. The van der Waals surface area contributed by atoms with Crippen LogP contribution in [0.5, 0.6) is 11.5 Å². The summed E-state index contributed by atoms with van der Waals surface area (Å²) in [7, 11) is 0. The average Bonchev–Trinajstić information content (AvgIpc) is 3.68. The highest BCUT2D eigenvalue weighted by Crippen LogP contribution is 2.31. The summed E-state index contributed by atoms with van der Waals surface area (Å²) in [6.45, 7) is 1.89. The summed E-state index contributed by atoms with van der Waals surface area (Å²) in [5, 5.41) is 12.2. The molecule has 1 aliphatic rings. The van der Waals surface area contributed by atoms with Crippen molar-refractivity contribution in [1.82, 2.24) is 24.4 Å². The van der Waals surface area contributed by atoms with Gasteiger partial charge in [0.1, 0.15) is 35.0 Å². The molecular formula is C27H25N7O3. The third-order valence-electron chi connectivity index (χ3n) is 6.03. The van der Waals surface area contributed by atoms with Gasteiger partial charge in [0, 0.05) is 12.6 Å². The molecule has 0 saturated heterocycles. The number of hydrogen-bond donors (Lipinski definition) is 2. The first-order chi connectivity index (χ1) is 17.9. The standard InChI is InChI=1S/C27H25N7O3/c1-17(32-26(35)19(14-28)13-18-7-8-18)15-33-25-23(24(29)30-16-31-25)34(27(33)36)20-9-11-22(12-10-20)37-21-5-3-2-4-6-21/h2-6,9-13,16-18H,7-8,15H2,1H3,(H,32,35)(H2,29,30,31)/b19-13-/t17-/m0/s1. The molecule has 1 saturated carbocycles. The zero-order valence-electron chi connectivity index (χ0n) is 20.2. The van der Waals surface area contributed by atoms with Crippen LogP contribution in [0.4, 0.5) is 5.82 Å². The van der Waals surface area contributed by atoms with Crippen LogP contribution in [0.1, 0.15) is 19.8 Å². The van der Waals surface area contributed by atoms with Crippen LogP contribution >= 0.6 is 0 Å². The summed E-state index contributed by atoms with van der Waals surface area (Å²) in [6.07, 6.45) is 4.98. The molecule has 1 fully saturated rings. The summed E-state index contributed by atoms with van der Waals surface area (Å²) in [5.41, 5.74) is 7.15. The number of ether oxygens (including phenoxy) is 1. The van der Waals surface area contributed by atoms with Crippen molar-refractivity contribution < 1.29 is 9.53 Å². The van der Waals surface area contributed by atoms with Gasteiger partial charge >= 0.3 is 5.69 Å². The molecule has 1 atom stereocenters. The average molecular weight is 496 g/mol. The minimum absolute atomic E-state index is 0.0912. The van der Waals surface area contributed by atoms with Crippen LogP contribution in [0, 0.1) is 17.2 Å². The largest absolute Gasteiger partial charge is 0.457 e. The number of nitrogen functional groups attached to an aromatic ring is 1. The number of para-hydroxylation sites is 1. The second kappa shape index (κ2) is 9.99. The summed E-state index contributed by atoms with van der Waals surface area (Å²) < 4.78 is 8.74. The fraction of sp³-hybridized carbons (Fsp3) is 0.222. The number of rotatable bonds is 8. The van der Waals surface area contributed by atoms with Crippen molar-refractivity contribution in [3.63, 3.8) is 0 Å². The van der Waals surface area contributed by atoms with E-state index in [1.54, 1.807) is 37.3 Å². The third kappa shape index (κ3) is 5.06.